The minimum Gasteiger partial charge on any atom is -0.495 e. The van der Waals surface area contributed by atoms with Crippen LogP contribution in [0.25, 0.3) is 0 Å². The van der Waals surface area contributed by atoms with Crippen LogP contribution >= 0.6 is 0 Å². The molecule has 0 aliphatic heterocycles. The molecule has 27 heavy (non-hydrogen) atoms. The van der Waals surface area contributed by atoms with E-state index in [-0.39, 0.29) is 22.1 Å². The highest BCUT2D eigenvalue weighted by Gasteiger charge is 2.26. The Morgan fingerprint density at radius 3 is 2.26 bits per heavy atom. The van der Waals surface area contributed by atoms with Crippen LogP contribution in [0, 0.1) is 13.8 Å². The van der Waals surface area contributed by atoms with Gasteiger partial charge in [0.15, 0.2) is 0 Å². The predicted octanol–water partition coefficient (Wildman–Crippen LogP) is 3.59. The standard InChI is InChI=1S/C20H26N2O4S/c1-6-22(7-2)27(24,25)19-13-16(9-11-18(19)26-5)20(23)21-17-10-8-14(3)15(4)12-17/h8-13H,6-7H2,1-5H3,(H,21,23). The van der Waals surface area contributed by atoms with Gasteiger partial charge in [0.25, 0.3) is 5.91 Å². The Labute approximate surface area is 161 Å². The van der Waals surface area contributed by atoms with Crippen LogP contribution < -0.4 is 10.1 Å². The lowest BCUT2D eigenvalue weighted by Crippen LogP contribution is -2.31. The first-order chi connectivity index (χ1) is 12.7. The van der Waals surface area contributed by atoms with E-state index in [4.69, 9.17) is 4.74 Å². The molecule has 1 N–H and O–H groups in total. The number of nitrogens with zero attached hydrogens (tertiary/aromatic N) is 1. The fraction of sp³-hybridized carbons (Fsp3) is 0.350. The number of rotatable bonds is 7. The fourth-order valence-corrected chi connectivity index (χ4v) is 4.38. The summed E-state index contributed by atoms with van der Waals surface area (Å²) in [4.78, 5) is 12.6. The van der Waals surface area contributed by atoms with Gasteiger partial charge in [0.2, 0.25) is 10.0 Å². The van der Waals surface area contributed by atoms with Gasteiger partial charge in [-0.1, -0.05) is 19.9 Å². The van der Waals surface area contributed by atoms with E-state index < -0.39 is 10.0 Å². The third-order valence-electron chi connectivity index (χ3n) is 4.51. The Morgan fingerprint density at radius 2 is 1.70 bits per heavy atom. The van der Waals surface area contributed by atoms with Crippen molar-refractivity contribution in [3.8, 4) is 5.75 Å². The zero-order valence-corrected chi connectivity index (χ0v) is 17.2. The molecule has 146 valence electrons. The Balaban J connectivity index is 2.41. The van der Waals surface area contributed by atoms with Crippen LogP contribution in [0.15, 0.2) is 41.3 Å². The number of aryl methyl sites for hydroxylation is 2. The molecule has 2 aromatic rings. The molecule has 2 rings (SSSR count). The van der Waals surface area contributed by atoms with E-state index in [2.05, 4.69) is 5.32 Å². The van der Waals surface area contributed by atoms with E-state index >= 15 is 0 Å². The quantitative estimate of drug-likeness (QED) is 0.784. The second kappa shape index (κ2) is 8.54. The van der Waals surface area contributed by atoms with Crippen molar-refractivity contribution in [2.75, 3.05) is 25.5 Å². The van der Waals surface area contributed by atoms with Crippen LogP contribution in [0.1, 0.15) is 35.3 Å². The highest BCUT2D eigenvalue weighted by atomic mass is 32.2. The number of ether oxygens (including phenoxy) is 1. The van der Waals surface area contributed by atoms with Gasteiger partial charge >= 0.3 is 0 Å². The zero-order chi connectivity index (χ0) is 20.2. The zero-order valence-electron chi connectivity index (χ0n) is 16.4. The smallest absolute Gasteiger partial charge is 0.255 e. The van der Waals surface area contributed by atoms with Crippen molar-refractivity contribution in [3.63, 3.8) is 0 Å². The number of anilines is 1. The molecule has 6 nitrogen and oxygen atoms in total. The molecule has 0 radical (unpaired) electrons. The van der Waals surface area contributed by atoms with Crippen molar-refractivity contribution >= 4 is 21.6 Å². The molecule has 2 aromatic carbocycles. The van der Waals surface area contributed by atoms with Gasteiger partial charge in [0, 0.05) is 24.3 Å². The van der Waals surface area contributed by atoms with Crippen LogP contribution in [-0.2, 0) is 10.0 Å². The average Bonchev–Trinajstić information content (AvgIpc) is 2.65. The normalized spacial score (nSPS) is 11.5. The number of sulfonamides is 1. The summed E-state index contributed by atoms with van der Waals surface area (Å²) in [5.41, 5.74) is 3.10. The summed E-state index contributed by atoms with van der Waals surface area (Å²) in [6.45, 7) is 8.16. The lowest BCUT2D eigenvalue weighted by Gasteiger charge is -2.20. The van der Waals surface area contributed by atoms with Crippen molar-refractivity contribution in [1.29, 1.82) is 0 Å². The number of amides is 1. The highest BCUT2D eigenvalue weighted by molar-refractivity contribution is 7.89. The van der Waals surface area contributed by atoms with Gasteiger partial charge in [-0.15, -0.1) is 0 Å². The maximum absolute atomic E-state index is 12.9. The number of methoxy groups -OCH3 is 1. The van der Waals surface area contributed by atoms with Gasteiger partial charge < -0.3 is 10.1 Å². The number of nitrogens with one attached hydrogen (secondary N) is 1. The molecule has 0 atom stereocenters. The molecule has 1 amide bonds. The Bertz CT molecular complexity index is 935. The molecular weight excluding hydrogens is 364 g/mol. The molecule has 0 bridgehead atoms. The highest BCUT2D eigenvalue weighted by Crippen LogP contribution is 2.28. The largest absolute Gasteiger partial charge is 0.495 e. The molecule has 0 aromatic heterocycles. The summed E-state index contributed by atoms with van der Waals surface area (Å²) < 4.78 is 32.4. The summed E-state index contributed by atoms with van der Waals surface area (Å²) in [6, 6.07) is 10.0. The van der Waals surface area contributed by atoms with Crippen molar-refractivity contribution in [2.45, 2.75) is 32.6 Å². The number of hydrogen-bond donors (Lipinski definition) is 1. The molecule has 0 unspecified atom stereocenters. The van der Waals surface area contributed by atoms with Crippen molar-refractivity contribution in [3.05, 3.63) is 53.1 Å². The van der Waals surface area contributed by atoms with Gasteiger partial charge in [-0.05, 0) is 55.3 Å². The van der Waals surface area contributed by atoms with E-state index in [1.54, 1.807) is 19.9 Å². The SMILES string of the molecule is CCN(CC)S(=O)(=O)c1cc(C(=O)Nc2ccc(C)c(C)c2)ccc1OC. The predicted molar refractivity (Wildman–Crippen MR) is 107 cm³/mol. The summed E-state index contributed by atoms with van der Waals surface area (Å²) in [6.07, 6.45) is 0. The topological polar surface area (TPSA) is 75.7 Å². The molecular formula is C20H26N2O4S. The third-order valence-corrected chi connectivity index (χ3v) is 6.58. The minimum atomic E-state index is -3.76. The summed E-state index contributed by atoms with van der Waals surface area (Å²) in [5, 5.41) is 2.81. The van der Waals surface area contributed by atoms with E-state index in [0.717, 1.165) is 11.1 Å². The first kappa shape index (κ1) is 20.9. The van der Waals surface area contributed by atoms with Crippen molar-refractivity contribution in [1.82, 2.24) is 4.31 Å². The van der Waals surface area contributed by atoms with E-state index in [1.165, 1.54) is 23.5 Å². The first-order valence-electron chi connectivity index (χ1n) is 8.81. The van der Waals surface area contributed by atoms with Crippen LogP contribution in [-0.4, -0.2) is 38.8 Å². The van der Waals surface area contributed by atoms with Crippen LogP contribution in [0.5, 0.6) is 5.75 Å². The van der Waals surface area contributed by atoms with E-state index in [0.29, 0.717) is 18.8 Å². The van der Waals surface area contributed by atoms with Crippen LogP contribution in [0.2, 0.25) is 0 Å². The number of benzene rings is 2. The van der Waals surface area contributed by atoms with Gasteiger partial charge in [0.05, 0.1) is 7.11 Å². The molecule has 0 heterocycles. The van der Waals surface area contributed by atoms with Crippen molar-refractivity contribution < 1.29 is 17.9 Å². The lowest BCUT2D eigenvalue weighted by molar-refractivity contribution is 0.102. The molecule has 7 heteroatoms. The molecule has 0 spiro atoms. The number of carbonyl (C=O) groups excluding carboxylic acids is 1. The van der Waals surface area contributed by atoms with Gasteiger partial charge in [-0.25, -0.2) is 8.42 Å². The second-order valence-electron chi connectivity index (χ2n) is 6.21. The minimum absolute atomic E-state index is 0.0126. The molecule has 0 aliphatic rings. The maximum atomic E-state index is 12.9. The Morgan fingerprint density at radius 1 is 1.04 bits per heavy atom. The van der Waals surface area contributed by atoms with Gasteiger partial charge in [-0.3, -0.25) is 4.79 Å². The molecule has 0 fully saturated rings. The second-order valence-corrected chi connectivity index (χ2v) is 8.11. The Kier molecular flexibility index (Phi) is 6.62. The number of hydrogen-bond acceptors (Lipinski definition) is 4. The lowest BCUT2D eigenvalue weighted by atomic mass is 10.1. The summed E-state index contributed by atoms with van der Waals surface area (Å²) in [5.74, 6) is -0.165. The van der Waals surface area contributed by atoms with Crippen LogP contribution in [0.4, 0.5) is 5.69 Å². The number of carbonyl (C=O) groups is 1. The average molecular weight is 391 g/mol. The molecule has 0 aliphatic carbocycles. The summed E-state index contributed by atoms with van der Waals surface area (Å²) >= 11 is 0. The maximum Gasteiger partial charge on any atom is 0.255 e. The Hall–Kier alpha value is -2.38. The van der Waals surface area contributed by atoms with Crippen molar-refractivity contribution in [2.24, 2.45) is 0 Å². The van der Waals surface area contributed by atoms with Crippen LogP contribution in [0.3, 0.4) is 0 Å². The van der Waals surface area contributed by atoms with E-state index in [9.17, 15) is 13.2 Å². The van der Waals surface area contributed by atoms with E-state index in [1.807, 2.05) is 32.0 Å². The third kappa shape index (κ3) is 4.48. The monoisotopic (exact) mass is 390 g/mol. The summed E-state index contributed by atoms with van der Waals surface area (Å²) in [7, 11) is -2.35. The van der Waals surface area contributed by atoms with Gasteiger partial charge in [-0.2, -0.15) is 4.31 Å². The molecule has 0 saturated carbocycles. The van der Waals surface area contributed by atoms with Gasteiger partial charge in [0.1, 0.15) is 10.6 Å². The first-order valence-corrected chi connectivity index (χ1v) is 10.2. The molecule has 0 saturated heterocycles. The fourth-order valence-electron chi connectivity index (χ4n) is 2.74.